The van der Waals surface area contributed by atoms with Gasteiger partial charge >= 0.3 is 0 Å². The van der Waals surface area contributed by atoms with Gasteiger partial charge in [0.2, 0.25) is 5.91 Å². The van der Waals surface area contributed by atoms with E-state index in [1.165, 1.54) is 0 Å². The molecule has 0 aromatic heterocycles. The van der Waals surface area contributed by atoms with Crippen molar-refractivity contribution in [1.29, 1.82) is 0 Å². The molecule has 1 N–H and O–H groups in total. The molecule has 20 heavy (non-hydrogen) atoms. The maximum atomic E-state index is 11.8. The fourth-order valence-electron chi connectivity index (χ4n) is 1.58. The van der Waals surface area contributed by atoms with Crippen molar-refractivity contribution in [3.8, 4) is 0 Å². The van der Waals surface area contributed by atoms with Gasteiger partial charge in [0.05, 0.1) is 12.7 Å². The first-order valence-corrected chi connectivity index (χ1v) is 7.04. The first kappa shape index (κ1) is 16.7. The van der Waals surface area contributed by atoms with Gasteiger partial charge in [-0.15, -0.1) is 0 Å². The molecule has 1 rings (SSSR count). The molecule has 5 heteroatoms. The van der Waals surface area contributed by atoms with E-state index in [2.05, 4.69) is 5.32 Å². The smallest absolute Gasteiger partial charge is 0.220 e. The first-order valence-electron chi connectivity index (χ1n) is 6.66. The highest BCUT2D eigenvalue weighted by Gasteiger charge is 2.09. The SMILES string of the molecule is CC(C)OCCNC(=O)CCC(=O)c1ccc(Cl)cc1. The normalized spacial score (nSPS) is 10.6. The fourth-order valence-corrected chi connectivity index (χ4v) is 1.71. The van der Waals surface area contributed by atoms with Crippen molar-refractivity contribution in [1.82, 2.24) is 5.32 Å². The van der Waals surface area contributed by atoms with Crippen molar-refractivity contribution >= 4 is 23.3 Å². The number of ether oxygens (including phenoxy) is 1. The lowest BCUT2D eigenvalue weighted by Gasteiger charge is -2.08. The molecule has 0 heterocycles. The summed E-state index contributed by atoms with van der Waals surface area (Å²) < 4.78 is 5.30. The van der Waals surface area contributed by atoms with E-state index in [0.29, 0.717) is 23.7 Å². The number of carbonyl (C=O) groups is 2. The minimum Gasteiger partial charge on any atom is -0.377 e. The summed E-state index contributed by atoms with van der Waals surface area (Å²) in [5.41, 5.74) is 0.574. The summed E-state index contributed by atoms with van der Waals surface area (Å²) in [4.78, 5) is 23.4. The molecule has 1 aromatic rings. The van der Waals surface area contributed by atoms with Crippen molar-refractivity contribution in [2.45, 2.75) is 32.8 Å². The van der Waals surface area contributed by atoms with Crippen LogP contribution in [0.2, 0.25) is 5.02 Å². The van der Waals surface area contributed by atoms with Crippen LogP contribution in [0.25, 0.3) is 0 Å². The van der Waals surface area contributed by atoms with Crippen LogP contribution in [0.1, 0.15) is 37.0 Å². The molecule has 0 radical (unpaired) electrons. The highest BCUT2D eigenvalue weighted by molar-refractivity contribution is 6.30. The number of carbonyl (C=O) groups excluding carboxylic acids is 2. The number of hydrogen-bond acceptors (Lipinski definition) is 3. The number of benzene rings is 1. The minimum atomic E-state index is -0.139. The average molecular weight is 298 g/mol. The highest BCUT2D eigenvalue weighted by atomic mass is 35.5. The summed E-state index contributed by atoms with van der Waals surface area (Å²) in [7, 11) is 0. The van der Waals surface area contributed by atoms with Crippen molar-refractivity contribution in [2.24, 2.45) is 0 Å². The molecule has 0 atom stereocenters. The number of nitrogens with one attached hydrogen (secondary N) is 1. The second-order valence-corrected chi connectivity index (χ2v) is 5.14. The average Bonchev–Trinajstić information content (AvgIpc) is 2.41. The third-order valence-corrected chi connectivity index (χ3v) is 2.87. The first-order chi connectivity index (χ1) is 9.49. The zero-order valence-electron chi connectivity index (χ0n) is 11.8. The third kappa shape index (κ3) is 6.68. The molecule has 0 unspecified atom stereocenters. The van der Waals surface area contributed by atoms with Gasteiger partial charge in [-0.25, -0.2) is 0 Å². The molecule has 0 bridgehead atoms. The molecule has 0 saturated heterocycles. The molecule has 0 aliphatic rings. The van der Waals surface area contributed by atoms with Gasteiger partial charge in [-0.3, -0.25) is 9.59 Å². The lowest BCUT2D eigenvalue weighted by Crippen LogP contribution is -2.28. The summed E-state index contributed by atoms with van der Waals surface area (Å²) >= 11 is 5.75. The van der Waals surface area contributed by atoms with Crippen molar-refractivity contribution in [3.63, 3.8) is 0 Å². The second kappa shape index (κ2) is 8.72. The minimum absolute atomic E-state index is 0.0600. The zero-order chi connectivity index (χ0) is 15.0. The predicted molar refractivity (Wildman–Crippen MR) is 79.1 cm³/mol. The topological polar surface area (TPSA) is 55.4 Å². The number of halogens is 1. The van der Waals surface area contributed by atoms with E-state index >= 15 is 0 Å². The monoisotopic (exact) mass is 297 g/mol. The molecule has 0 aliphatic heterocycles. The Hall–Kier alpha value is -1.39. The Morgan fingerprint density at radius 3 is 2.45 bits per heavy atom. The number of rotatable bonds is 8. The van der Waals surface area contributed by atoms with Gasteiger partial charge in [0, 0.05) is 30.0 Å². The largest absolute Gasteiger partial charge is 0.377 e. The summed E-state index contributed by atoms with van der Waals surface area (Å²) in [6.07, 6.45) is 0.528. The molecule has 4 nitrogen and oxygen atoms in total. The Labute approximate surface area is 124 Å². The van der Waals surface area contributed by atoms with E-state index in [1.54, 1.807) is 24.3 Å². The van der Waals surface area contributed by atoms with Crippen LogP contribution in [-0.2, 0) is 9.53 Å². The van der Waals surface area contributed by atoms with Crippen LogP contribution in [0.5, 0.6) is 0 Å². The van der Waals surface area contributed by atoms with Gasteiger partial charge in [0.1, 0.15) is 0 Å². The van der Waals surface area contributed by atoms with E-state index in [1.807, 2.05) is 13.8 Å². The van der Waals surface area contributed by atoms with E-state index in [4.69, 9.17) is 16.3 Å². The zero-order valence-corrected chi connectivity index (χ0v) is 12.6. The van der Waals surface area contributed by atoms with E-state index < -0.39 is 0 Å². The van der Waals surface area contributed by atoms with Crippen LogP contribution in [-0.4, -0.2) is 30.9 Å². The van der Waals surface area contributed by atoms with Crippen molar-refractivity contribution in [2.75, 3.05) is 13.2 Å². The Balaban J connectivity index is 2.23. The van der Waals surface area contributed by atoms with Gasteiger partial charge in [-0.2, -0.15) is 0 Å². The summed E-state index contributed by atoms with van der Waals surface area (Å²) in [5.74, 6) is -0.199. The predicted octanol–water partition coefficient (Wildman–Crippen LogP) is 2.84. The maximum Gasteiger partial charge on any atom is 0.220 e. The fraction of sp³-hybridized carbons (Fsp3) is 0.467. The molecule has 0 fully saturated rings. The van der Waals surface area contributed by atoms with Crippen LogP contribution < -0.4 is 5.32 Å². The third-order valence-electron chi connectivity index (χ3n) is 2.62. The summed E-state index contributed by atoms with van der Waals surface area (Å²) in [6.45, 7) is 4.82. The number of Topliss-reactive ketones (excluding diaryl/α,β-unsaturated/α-hetero) is 1. The Morgan fingerprint density at radius 1 is 1.20 bits per heavy atom. The Bertz CT molecular complexity index is 443. The van der Waals surface area contributed by atoms with Gasteiger partial charge in [-0.1, -0.05) is 11.6 Å². The second-order valence-electron chi connectivity index (χ2n) is 4.70. The van der Waals surface area contributed by atoms with Gasteiger partial charge in [0.15, 0.2) is 5.78 Å². The number of ketones is 1. The molecule has 1 amide bonds. The molecule has 0 aliphatic carbocycles. The van der Waals surface area contributed by atoms with Crippen LogP contribution in [0.3, 0.4) is 0 Å². The highest BCUT2D eigenvalue weighted by Crippen LogP contribution is 2.11. The number of hydrogen-bond donors (Lipinski definition) is 1. The van der Waals surface area contributed by atoms with Gasteiger partial charge < -0.3 is 10.1 Å². The summed E-state index contributed by atoms with van der Waals surface area (Å²) in [5, 5.41) is 3.30. The van der Waals surface area contributed by atoms with E-state index in [9.17, 15) is 9.59 Å². The van der Waals surface area contributed by atoms with Crippen molar-refractivity contribution in [3.05, 3.63) is 34.9 Å². The Morgan fingerprint density at radius 2 is 1.85 bits per heavy atom. The Kier molecular flexibility index (Phi) is 7.26. The quantitative estimate of drug-likeness (QED) is 0.593. The lowest BCUT2D eigenvalue weighted by atomic mass is 10.1. The van der Waals surface area contributed by atoms with Crippen molar-refractivity contribution < 1.29 is 14.3 Å². The standard InChI is InChI=1S/C15H20ClNO3/c1-11(2)20-10-9-17-15(19)8-7-14(18)12-3-5-13(16)6-4-12/h3-6,11H,7-10H2,1-2H3,(H,17,19). The van der Waals surface area contributed by atoms with Gasteiger partial charge in [-0.05, 0) is 38.1 Å². The van der Waals surface area contributed by atoms with E-state index in [-0.39, 0.29) is 30.6 Å². The van der Waals surface area contributed by atoms with Gasteiger partial charge in [0.25, 0.3) is 0 Å². The lowest BCUT2D eigenvalue weighted by molar-refractivity contribution is -0.121. The van der Waals surface area contributed by atoms with Crippen LogP contribution >= 0.6 is 11.6 Å². The van der Waals surface area contributed by atoms with Crippen LogP contribution in [0.4, 0.5) is 0 Å². The van der Waals surface area contributed by atoms with E-state index in [0.717, 1.165) is 0 Å². The molecule has 110 valence electrons. The molecule has 1 aromatic carbocycles. The van der Waals surface area contributed by atoms with Crippen LogP contribution in [0.15, 0.2) is 24.3 Å². The summed E-state index contributed by atoms with van der Waals surface area (Å²) in [6, 6.07) is 6.66. The molecular formula is C15H20ClNO3. The number of amides is 1. The molecule has 0 saturated carbocycles. The molecule has 0 spiro atoms. The van der Waals surface area contributed by atoms with Crippen LogP contribution in [0, 0.1) is 0 Å². The maximum absolute atomic E-state index is 11.8. The molecular weight excluding hydrogens is 278 g/mol.